The smallest absolute Gasteiger partial charge is 0.258 e. The van der Waals surface area contributed by atoms with Gasteiger partial charge in [0.05, 0.1) is 31.1 Å². The summed E-state index contributed by atoms with van der Waals surface area (Å²) in [4.78, 5) is 25.5. The standard InChI is InChI=1S/C28H28N4O3/c33-27(22-18-31-23-12-4-10-21-11-5-14-29-26(21)25(22)23)32-24-13-6-15-30-28(24)35-17-7-16-34-19-20-8-2-1-3-9-20/h1-3,5-6,8-9,11,13-15,18,31H,4,7,10,12,16-17,19H2,(H,32,33). The minimum absolute atomic E-state index is 0.218. The quantitative estimate of drug-likeness (QED) is 0.330. The molecule has 0 bridgehead atoms. The van der Waals surface area contributed by atoms with E-state index in [1.54, 1.807) is 30.7 Å². The number of pyridine rings is 2. The van der Waals surface area contributed by atoms with Crippen LogP contribution in [-0.2, 0) is 24.2 Å². The van der Waals surface area contributed by atoms with Gasteiger partial charge in [-0.1, -0.05) is 36.4 Å². The lowest BCUT2D eigenvalue weighted by atomic mass is 10.0. The molecule has 4 aromatic rings. The van der Waals surface area contributed by atoms with Crippen LogP contribution in [0.5, 0.6) is 5.88 Å². The van der Waals surface area contributed by atoms with Crippen molar-refractivity contribution in [1.29, 1.82) is 0 Å². The van der Waals surface area contributed by atoms with Gasteiger partial charge in [-0.3, -0.25) is 9.78 Å². The number of anilines is 1. The zero-order valence-corrected chi connectivity index (χ0v) is 19.5. The maximum absolute atomic E-state index is 13.3. The molecule has 0 saturated carbocycles. The van der Waals surface area contributed by atoms with Gasteiger partial charge in [-0.05, 0) is 48.6 Å². The summed E-state index contributed by atoms with van der Waals surface area (Å²) in [5.41, 5.74) is 6.23. The Morgan fingerprint density at radius 2 is 1.83 bits per heavy atom. The zero-order chi connectivity index (χ0) is 23.9. The predicted octanol–water partition coefficient (Wildman–Crippen LogP) is 5.20. The van der Waals surface area contributed by atoms with Gasteiger partial charge in [-0.2, -0.15) is 0 Å². The van der Waals surface area contributed by atoms with Crippen molar-refractivity contribution in [3.05, 3.63) is 95.6 Å². The molecule has 35 heavy (non-hydrogen) atoms. The van der Waals surface area contributed by atoms with Crippen molar-refractivity contribution >= 4 is 11.6 Å². The predicted molar refractivity (Wildman–Crippen MR) is 134 cm³/mol. The number of fused-ring (bicyclic) bond motifs is 3. The highest BCUT2D eigenvalue weighted by Crippen LogP contribution is 2.34. The Bertz CT molecular complexity index is 1290. The number of nitrogens with one attached hydrogen (secondary N) is 2. The first-order valence-corrected chi connectivity index (χ1v) is 11.9. The van der Waals surface area contributed by atoms with Gasteiger partial charge in [0, 0.05) is 36.3 Å². The Morgan fingerprint density at radius 1 is 0.971 bits per heavy atom. The van der Waals surface area contributed by atoms with Crippen LogP contribution < -0.4 is 10.1 Å². The molecule has 3 aromatic heterocycles. The van der Waals surface area contributed by atoms with E-state index in [0.717, 1.165) is 41.8 Å². The second-order valence-electron chi connectivity index (χ2n) is 8.47. The third-order valence-corrected chi connectivity index (χ3v) is 6.01. The fourth-order valence-electron chi connectivity index (χ4n) is 4.32. The lowest BCUT2D eigenvalue weighted by molar-refractivity contribution is 0.102. The Hall–Kier alpha value is -3.97. The summed E-state index contributed by atoms with van der Waals surface area (Å²) < 4.78 is 11.6. The molecule has 5 rings (SSSR count). The molecule has 3 heterocycles. The summed E-state index contributed by atoms with van der Waals surface area (Å²) in [5, 5.41) is 2.98. The van der Waals surface area contributed by atoms with Crippen LogP contribution in [0.1, 0.15) is 40.0 Å². The highest BCUT2D eigenvalue weighted by Gasteiger charge is 2.24. The number of amides is 1. The first-order valence-electron chi connectivity index (χ1n) is 11.9. The van der Waals surface area contributed by atoms with Crippen LogP contribution in [0.4, 0.5) is 5.69 Å². The summed E-state index contributed by atoms with van der Waals surface area (Å²) in [7, 11) is 0. The van der Waals surface area contributed by atoms with E-state index in [9.17, 15) is 4.79 Å². The van der Waals surface area contributed by atoms with Crippen LogP contribution in [-0.4, -0.2) is 34.1 Å². The number of aryl methyl sites for hydroxylation is 2. The van der Waals surface area contributed by atoms with Crippen LogP contribution in [0.3, 0.4) is 0 Å². The van der Waals surface area contributed by atoms with E-state index >= 15 is 0 Å². The third kappa shape index (κ3) is 5.41. The highest BCUT2D eigenvalue weighted by molar-refractivity contribution is 6.09. The maximum Gasteiger partial charge on any atom is 0.258 e. The van der Waals surface area contributed by atoms with Crippen LogP contribution in [0.25, 0.3) is 11.3 Å². The summed E-state index contributed by atoms with van der Waals surface area (Å²) in [5.74, 6) is 0.175. The molecule has 0 aliphatic heterocycles. The molecule has 0 unspecified atom stereocenters. The summed E-state index contributed by atoms with van der Waals surface area (Å²) in [6.07, 6.45) is 8.76. The lowest BCUT2D eigenvalue weighted by Crippen LogP contribution is -2.14. The van der Waals surface area contributed by atoms with Gasteiger partial charge in [0.2, 0.25) is 5.88 Å². The van der Waals surface area contributed by atoms with Gasteiger partial charge in [0.15, 0.2) is 0 Å². The molecule has 0 atom stereocenters. The van der Waals surface area contributed by atoms with Crippen molar-refractivity contribution in [2.24, 2.45) is 0 Å². The molecule has 178 valence electrons. The van der Waals surface area contributed by atoms with Crippen molar-refractivity contribution < 1.29 is 14.3 Å². The summed E-state index contributed by atoms with van der Waals surface area (Å²) in [6.45, 7) is 1.58. The fraction of sp³-hybridized carbons (Fsp3) is 0.250. The summed E-state index contributed by atoms with van der Waals surface area (Å²) in [6, 6.07) is 17.7. The van der Waals surface area contributed by atoms with Gasteiger partial charge in [0.1, 0.15) is 5.69 Å². The highest BCUT2D eigenvalue weighted by atomic mass is 16.5. The molecule has 0 radical (unpaired) electrons. The van der Waals surface area contributed by atoms with Crippen LogP contribution in [0, 0.1) is 0 Å². The molecule has 7 nitrogen and oxygen atoms in total. The second-order valence-corrected chi connectivity index (χ2v) is 8.47. The molecule has 7 heteroatoms. The molecule has 0 spiro atoms. The molecule has 0 saturated heterocycles. The monoisotopic (exact) mass is 468 g/mol. The number of aromatic nitrogens is 3. The Balaban J connectivity index is 1.22. The Kier molecular flexibility index (Phi) is 7.15. The zero-order valence-electron chi connectivity index (χ0n) is 19.5. The number of benzene rings is 1. The minimum Gasteiger partial charge on any atom is -0.476 e. The minimum atomic E-state index is -0.218. The van der Waals surface area contributed by atoms with Gasteiger partial charge in [-0.15, -0.1) is 0 Å². The third-order valence-electron chi connectivity index (χ3n) is 6.01. The van der Waals surface area contributed by atoms with Gasteiger partial charge >= 0.3 is 0 Å². The number of nitrogens with zero attached hydrogens (tertiary/aromatic N) is 2. The molecule has 1 aliphatic carbocycles. The van der Waals surface area contributed by atoms with Gasteiger partial charge < -0.3 is 19.8 Å². The first kappa shape index (κ1) is 22.8. The van der Waals surface area contributed by atoms with Crippen molar-refractivity contribution in [1.82, 2.24) is 15.0 Å². The molecular formula is C28H28N4O3. The number of ether oxygens (including phenoxy) is 2. The SMILES string of the molecule is O=C(Nc1cccnc1OCCCOCc1ccccc1)c1c[nH]c2c1-c1ncccc1CCC2. The van der Waals surface area contributed by atoms with E-state index in [4.69, 9.17) is 9.47 Å². The number of rotatable bonds is 9. The Morgan fingerprint density at radius 3 is 2.74 bits per heavy atom. The van der Waals surface area contributed by atoms with Crippen LogP contribution in [0.2, 0.25) is 0 Å². The van der Waals surface area contributed by atoms with Crippen molar-refractivity contribution in [3.63, 3.8) is 0 Å². The number of aromatic amines is 1. The van der Waals surface area contributed by atoms with Crippen molar-refractivity contribution in [3.8, 4) is 17.1 Å². The van der Waals surface area contributed by atoms with E-state index in [1.807, 2.05) is 36.4 Å². The topological polar surface area (TPSA) is 89.1 Å². The molecule has 1 aromatic carbocycles. The van der Waals surface area contributed by atoms with Crippen LogP contribution >= 0.6 is 0 Å². The largest absolute Gasteiger partial charge is 0.476 e. The number of carbonyl (C=O) groups excluding carboxylic acids is 1. The normalized spacial score (nSPS) is 12.3. The molecule has 0 fully saturated rings. The first-order chi connectivity index (χ1) is 17.3. The fourth-order valence-corrected chi connectivity index (χ4v) is 4.32. The molecule has 1 amide bonds. The average molecular weight is 469 g/mol. The van der Waals surface area contributed by atoms with Gasteiger partial charge in [-0.25, -0.2) is 4.98 Å². The lowest BCUT2D eigenvalue weighted by Gasteiger charge is -2.12. The number of carbonyl (C=O) groups is 1. The van der Waals surface area contributed by atoms with Crippen molar-refractivity contribution in [2.75, 3.05) is 18.5 Å². The van der Waals surface area contributed by atoms with E-state index in [2.05, 4.69) is 26.3 Å². The molecule has 1 aliphatic rings. The maximum atomic E-state index is 13.3. The molecular weight excluding hydrogens is 440 g/mol. The number of hydrogen-bond acceptors (Lipinski definition) is 5. The number of H-pyrrole nitrogens is 1. The van der Waals surface area contributed by atoms with Gasteiger partial charge in [0.25, 0.3) is 5.91 Å². The Labute approximate surface area is 204 Å². The van der Waals surface area contributed by atoms with Crippen molar-refractivity contribution in [2.45, 2.75) is 32.3 Å². The van der Waals surface area contributed by atoms with E-state index in [1.165, 1.54) is 5.56 Å². The van der Waals surface area contributed by atoms with E-state index in [0.29, 0.717) is 43.4 Å². The average Bonchev–Trinajstić information content (AvgIpc) is 3.23. The molecule has 2 N–H and O–H groups in total. The van der Waals surface area contributed by atoms with E-state index < -0.39 is 0 Å². The van der Waals surface area contributed by atoms with Crippen LogP contribution in [0.15, 0.2) is 73.2 Å². The number of hydrogen-bond donors (Lipinski definition) is 2. The summed E-state index contributed by atoms with van der Waals surface area (Å²) >= 11 is 0. The second kappa shape index (κ2) is 11.0. The van der Waals surface area contributed by atoms with E-state index in [-0.39, 0.29) is 5.91 Å².